The van der Waals surface area contributed by atoms with Crippen molar-refractivity contribution in [2.75, 3.05) is 0 Å². The Balaban J connectivity index is 2.04. The summed E-state index contributed by atoms with van der Waals surface area (Å²) in [5.41, 5.74) is 1.67. The molecule has 3 heteroatoms. The van der Waals surface area contributed by atoms with Crippen LogP contribution in [-0.2, 0) is 13.1 Å². The Bertz CT molecular complexity index is 411. The van der Waals surface area contributed by atoms with Crippen LogP contribution in [0.25, 0.3) is 0 Å². The van der Waals surface area contributed by atoms with Gasteiger partial charge in [0, 0.05) is 11.1 Å². The lowest BCUT2D eigenvalue weighted by molar-refractivity contribution is -1.09. The molecule has 0 aliphatic carbocycles. The summed E-state index contributed by atoms with van der Waals surface area (Å²) in [5, 5.41) is 21.7. The summed E-state index contributed by atoms with van der Waals surface area (Å²) in [4.78, 5) is -1.27. The maximum Gasteiger partial charge on any atom is 0.134 e. The first-order chi connectivity index (χ1) is 8.16. The van der Waals surface area contributed by atoms with E-state index in [1.165, 1.54) is 0 Å². The second-order valence-corrected chi connectivity index (χ2v) is 4.13. The van der Waals surface area contributed by atoms with Crippen LogP contribution >= 0.6 is 0 Å². The highest BCUT2D eigenvalue weighted by atomic mass is 16.8. The Morgan fingerprint density at radius 3 is 1.47 bits per heavy atom. The van der Waals surface area contributed by atoms with Gasteiger partial charge in [-0.3, -0.25) is 0 Å². The van der Waals surface area contributed by atoms with E-state index in [1.54, 1.807) is 0 Å². The van der Waals surface area contributed by atoms with Crippen molar-refractivity contribution in [2.24, 2.45) is 0 Å². The fourth-order valence-electron chi connectivity index (χ4n) is 1.79. The van der Waals surface area contributed by atoms with E-state index in [-0.39, 0.29) is 13.1 Å². The van der Waals surface area contributed by atoms with Crippen molar-refractivity contribution in [2.45, 2.75) is 13.1 Å². The topological polar surface area (TPSA) is 43.3 Å². The average Bonchev–Trinajstić information content (AvgIpc) is 2.30. The van der Waals surface area contributed by atoms with Crippen molar-refractivity contribution in [3.63, 3.8) is 0 Å². The van der Waals surface area contributed by atoms with Gasteiger partial charge in [-0.2, -0.15) is 0 Å². The van der Waals surface area contributed by atoms with Crippen LogP contribution in [-0.4, -0.2) is 10.0 Å². The van der Waals surface area contributed by atoms with E-state index in [1.807, 2.05) is 60.7 Å². The van der Waals surface area contributed by atoms with Gasteiger partial charge in [0.15, 0.2) is 0 Å². The number of benzene rings is 2. The minimum absolute atomic E-state index is 0.0652. The molecule has 0 atom stereocenters. The third-order valence-corrected chi connectivity index (χ3v) is 2.54. The van der Waals surface area contributed by atoms with E-state index in [0.717, 1.165) is 11.1 Å². The van der Waals surface area contributed by atoms with Crippen molar-refractivity contribution in [3.05, 3.63) is 77.0 Å². The van der Waals surface area contributed by atoms with E-state index in [4.69, 9.17) is 0 Å². The highest BCUT2D eigenvalue weighted by Gasteiger charge is 2.15. The molecule has 0 saturated heterocycles. The molecule has 0 aromatic heterocycles. The standard InChI is InChI=1S/C14H15NO2/c16-15(17,11-13-7-3-1-4-8-13)12-14-9-5-2-6-10-14/h1-10,16H,11-12H2. The molecule has 0 heterocycles. The predicted octanol–water partition coefficient (Wildman–Crippen LogP) is 3.09. The van der Waals surface area contributed by atoms with Crippen molar-refractivity contribution >= 4 is 0 Å². The van der Waals surface area contributed by atoms with Crippen molar-refractivity contribution in [3.8, 4) is 0 Å². The third kappa shape index (κ3) is 3.67. The molecule has 88 valence electrons. The van der Waals surface area contributed by atoms with E-state index in [9.17, 15) is 10.4 Å². The summed E-state index contributed by atoms with van der Waals surface area (Å²) in [7, 11) is 0. The Hall–Kier alpha value is -1.68. The molecule has 0 aliphatic heterocycles. The van der Waals surface area contributed by atoms with Gasteiger partial charge >= 0.3 is 0 Å². The normalized spacial score (nSPS) is 11.4. The van der Waals surface area contributed by atoms with Crippen LogP contribution in [0.3, 0.4) is 0 Å². The van der Waals surface area contributed by atoms with E-state index in [0.29, 0.717) is 0 Å². The monoisotopic (exact) mass is 229 g/mol. The van der Waals surface area contributed by atoms with Crippen LogP contribution in [0.2, 0.25) is 0 Å². The first-order valence-corrected chi connectivity index (χ1v) is 5.54. The Kier molecular flexibility index (Phi) is 3.54. The second kappa shape index (κ2) is 5.10. The lowest BCUT2D eigenvalue weighted by atomic mass is 10.2. The Morgan fingerprint density at radius 2 is 1.12 bits per heavy atom. The largest absolute Gasteiger partial charge is 0.598 e. The molecule has 17 heavy (non-hydrogen) atoms. The van der Waals surface area contributed by atoms with Gasteiger partial charge in [-0.05, 0) is 0 Å². The van der Waals surface area contributed by atoms with Crippen LogP contribution in [0.4, 0.5) is 0 Å². The van der Waals surface area contributed by atoms with Gasteiger partial charge in [-0.1, -0.05) is 60.7 Å². The minimum atomic E-state index is -1.27. The molecule has 0 spiro atoms. The van der Waals surface area contributed by atoms with Crippen molar-refractivity contribution < 1.29 is 10.0 Å². The summed E-state index contributed by atoms with van der Waals surface area (Å²) >= 11 is 0. The SMILES string of the molecule is [O-][N+](O)(Cc1ccccc1)Cc1ccccc1. The number of rotatable bonds is 4. The van der Waals surface area contributed by atoms with E-state index in [2.05, 4.69) is 0 Å². The highest BCUT2D eigenvalue weighted by Crippen LogP contribution is 2.14. The summed E-state index contributed by atoms with van der Waals surface area (Å²) in [6.07, 6.45) is 0. The molecule has 2 rings (SSSR count). The van der Waals surface area contributed by atoms with Crippen LogP contribution in [0.1, 0.15) is 11.1 Å². The molecule has 0 saturated carbocycles. The molecule has 0 fully saturated rings. The quantitative estimate of drug-likeness (QED) is 0.646. The predicted molar refractivity (Wildman–Crippen MR) is 65.7 cm³/mol. The van der Waals surface area contributed by atoms with Crippen molar-refractivity contribution in [1.29, 1.82) is 0 Å². The van der Waals surface area contributed by atoms with Crippen LogP contribution in [0, 0.1) is 5.21 Å². The average molecular weight is 229 g/mol. The summed E-state index contributed by atoms with van der Waals surface area (Å²) in [5.74, 6) is 0. The zero-order valence-corrected chi connectivity index (χ0v) is 9.49. The molecule has 0 bridgehead atoms. The van der Waals surface area contributed by atoms with Crippen LogP contribution in [0.5, 0.6) is 0 Å². The van der Waals surface area contributed by atoms with Gasteiger partial charge < -0.3 is 5.21 Å². The first-order valence-electron chi connectivity index (χ1n) is 5.54. The minimum Gasteiger partial charge on any atom is -0.598 e. The maximum absolute atomic E-state index is 11.9. The second-order valence-electron chi connectivity index (χ2n) is 4.13. The van der Waals surface area contributed by atoms with E-state index < -0.39 is 4.81 Å². The molecular formula is C14H15NO2. The number of quaternary nitrogens is 1. The summed E-state index contributed by atoms with van der Waals surface area (Å²) in [6.45, 7) is 0.130. The Morgan fingerprint density at radius 1 is 0.765 bits per heavy atom. The lowest BCUT2D eigenvalue weighted by Crippen LogP contribution is -2.36. The maximum atomic E-state index is 11.9. The Labute approximate surface area is 101 Å². The number of hydrogen-bond donors (Lipinski definition) is 1. The van der Waals surface area contributed by atoms with Gasteiger partial charge in [-0.25, -0.2) is 10.0 Å². The first kappa shape index (κ1) is 11.8. The number of hydroxylamine groups is 4. The number of hydrogen-bond acceptors (Lipinski definition) is 2. The molecule has 2 aromatic carbocycles. The lowest BCUT2D eigenvalue weighted by Gasteiger charge is -2.33. The molecular weight excluding hydrogens is 214 g/mol. The van der Waals surface area contributed by atoms with Crippen molar-refractivity contribution in [1.82, 2.24) is 0 Å². The van der Waals surface area contributed by atoms with Gasteiger partial charge in [0.1, 0.15) is 13.1 Å². The summed E-state index contributed by atoms with van der Waals surface area (Å²) in [6, 6.07) is 18.6. The number of nitrogens with zero attached hydrogens (tertiary/aromatic N) is 1. The molecule has 3 nitrogen and oxygen atoms in total. The zero-order chi connectivity index (χ0) is 12.1. The van der Waals surface area contributed by atoms with E-state index >= 15 is 0 Å². The fourth-order valence-corrected chi connectivity index (χ4v) is 1.79. The fraction of sp³-hybridized carbons (Fsp3) is 0.143. The smallest absolute Gasteiger partial charge is 0.134 e. The molecule has 0 unspecified atom stereocenters. The van der Waals surface area contributed by atoms with Gasteiger partial charge in [0.25, 0.3) is 0 Å². The van der Waals surface area contributed by atoms with Gasteiger partial charge in [0.2, 0.25) is 0 Å². The third-order valence-electron chi connectivity index (χ3n) is 2.54. The summed E-state index contributed by atoms with van der Waals surface area (Å²) < 4.78 is 0. The molecule has 0 radical (unpaired) electrons. The molecule has 0 aliphatic rings. The van der Waals surface area contributed by atoms with Crippen LogP contribution in [0.15, 0.2) is 60.7 Å². The zero-order valence-electron chi connectivity index (χ0n) is 9.49. The van der Waals surface area contributed by atoms with Gasteiger partial charge in [0.05, 0.1) is 0 Å². The molecule has 2 aromatic rings. The molecule has 1 N–H and O–H groups in total. The van der Waals surface area contributed by atoms with Crippen LogP contribution < -0.4 is 0 Å². The highest BCUT2D eigenvalue weighted by molar-refractivity contribution is 5.15. The molecule has 0 amide bonds. The van der Waals surface area contributed by atoms with Gasteiger partial charge in [-0.15, -0.1) is 0 Å².